The summed E-state index contributed by atoms with van der Waals surface area (Å²) in [6.07, 6.45) is 2.58. The molecule has 20 heavy (non-hydrogen) atoms. The number of rotatable bonds is 5. The van der Waals surface area contributed by atoms with E-state index in [9.17, 15) is 9.59 Å². The summed E-state index contributed by atoms with van der Waals surface area (Å²) in [5.74, 6) is -1.20. The smallest absolute Gasteiger partial charge is 0.338 e. The van der Waals surface area contributed by atoms with Crippen molar-refractivity contribution in [2.45, 2.75) is 13.5 Å². The molecular formula is C14H15N3O3. The molecule has 0 atom stereocenters. The van der Waals surface area contributed by atoms with Gasteiger partial charge in [0.25, 0.3) is 0 Å². The minimum absolute atomic E-state index is 0.00993. The molecule has 0 aliphatic heterocycles. The molecule has 0 aliphatic carbocycles. The lowest BCUT2D eigenvalue weighted by atomic mass is 10.3. The number of para-hydroxylation sites is 1. The number of likely N-dealkylation sites (N-methyl/N-ethyl adjacent to an activating group) is 1. The van der Waals surface area contributed by atoms with Crippen molar-refractivity contribution in [3.8, 4) is 0 Å². The van der Waals surface area contributed by atoms with Crippen LogP contribution in [0.4, 0.5) is 5.69 Å². The number of amides is 1. The third-order valence-electron chi connectivity index (χ3n) is 2.86. The Morgan fingerprint density at radius 3 is 2.55 bits per heavy atom. The minimum atomic E-state index is -1.06. The Morgan fingerprint density at radius 2 is 2.00 bits per heavy atom. The molecule has 0 spiro atoms. The normalized spacial score (nSPS) is 10.2. The fourth-order valence-electron chi connectivity index (χ4n) is 1.90. The highest BCUT2D eigenvalue weighted by atomic mass is 16.4. The van der Waals surface area contributed by atoms with Gasteiger partial charge in [0.2, 0.25) is 5.91 Å². The Hall–Kier alpha value is -2.63. The molecule has 0 saturated heterocycles. The van der Waals surface area contributed by atoms with Crippen LogP contribution in [0.3, 0.4) is 0 Å². The Labute approximate surface area is 116 Å². The lowest BCUT2D eigenvalue weighted by Gasteiger charge is -2.20. The quantitative estimate of drug-likeness (QED) is 0.898. The van der Waals surface area contributed by atoms with Gasteiger partial charge in [-0.05, 0) is 19.1 Å². The van der Waals surface area contributed by atoms with Crippen molar-refractivity contribution in [1.29, 1.82) is 0 Å². The van der Waals surface area contributed by atoms with Crippen molar-refractivity contribution < 1.29 is 14.7 Å². The molecule has 104 valence electrons. The van der Waals surface area contributed by atoms with Crippen LogP contribution < -0.4 is 4.90 Å². The van der Waals surface area contributed by atoms with Crippen molar-refractivity contribution >= 4 is 17.6 Å². The average Bonchev–Trinajstić information content (AvgIpc) is 2.89. The van der Waals surface area contributed by atoms with Gasteiger partial charge >= 0.3 is 5.97 Å². The molecule has 0 fully saturated rings. The van der Waals surface area contributed by atoms with Gasteiger partial charge in [0.15, 0.2) is 0 Å². The van der Waals surface area contributed by atoms with Gasteiger partial charge in [-0.2, -0.15) is 5.10 Å². The first-order chi connectivity index (χ1) is 9.61. The van der Waals surface area contributed by atoms with E-state index in [1.165, 1.54) is 17.1 Å². The third kappa shape index (κ3) is 3.03. The molecule has 0 bridgehead atoms. The Bertz CT molecular complexity index is 607. The second kappa shape index (κ2) is 6.01. The molecule has 2 rings (SSSR count). The number of carbonyl (C=O) groups excluding carboxylic acids is 1. The summed E-state index contributed by atoms with van der Waals surface area (Å²) in [7, 11) is 0. The first kappa shape index (κ1) is 13.8. The number of carbonyl (C=O) groups is 2. The van der Waals surface area contributed by atoms with Crippen molar-refractivity contribution in [2.75, 3.05) is 11.4 Å². The zero-order chi connectivity index (χ0) is 14.5. The molecule has 0 aliphatic rings. The van der Waals surface area contributed by atoms with Crippen LogP contribution in [0.1, 0.15) is 17.3 Å². The van der Waals surface area contributed by atoms with E-state index in [-0.39, 0.29) is 18.0 Å². The van der Waals surface area contributed by atoms with E-state index >= 15 is 0 Å². The highest BCUT2D eigenvalue weighted by molar-refractivity contribution is 5.93. The molecule has 2 aromatic rings. The summed E-state index contributed by atoms with van der Waals surface area (Å²) in [6.45, 7) is 2.43. The molecule has 1 amide bonds. The van der Waals surface area contributed by atoms with Crippen LogP contribution in [0.5, 0.6) is 0 Å². The number of carboxylic acids is 1. The maximum absolute atomic E-state index is 12.2. The number of hydrogen-bond acceptors (Lipinski definition) is 3. The van der Waals surface area contributed by atoms with E-state index in [1.54, 1.807) is 4.90 Å². The van der Waals surface area contributed by atoms with E-state index in [2.05, 4.69) is 5.10 Å². The summed E-state index contributed by atoms with van der Waals surface area (Å²) < 4.78 is 1.33. The largest absolute Gasteiger partial charge is 0.478 e. The average molecular weight is 273 g/mol. The highest BCUT2D eigenvalue weighted by Gasteiger charge is 2.15. The topological polar surface area (TPSA) is 75.4 Å². The molecule has 0 saturated carbocycles. The predicted octanol–water partition coefficient (Wildman–Crippen LogP) is 1.63. The Morgan fingerprint density at radius 1 is 1.30 bits per heavy atom. The van der Waals surface area contributed by atoms with Crippen LogP contribution in [-0.2, 0) is 11.3 Å². The van der Waals surface area contributed by atoms with Gasteiger partial charge < -0.3 is 10.0 Å². The summed E-state index contributed by atoms with van der Waals surface area (Å²) in [5.41, 5.74) is 0.881. The van der Waals surface area contributed by atoms with Crippen LogP contribution in [0.15, 0.2) is 42.7 Å². The third-order valence-corrected chi connectivity index (χ3v) is 2.86. The SMILES string of the molecule is CCN(C(=O)Cn1cc(C(=O)O)cn1)c1ccccc1. The molecule has 0 radical (unpaired) electrons. The van der Waals surface area contributed by atoms with Gasteiger partial charge in [-0.1, -0.05) is 18.2 Å². The van der Waals surface area contributed by atoms with E-state index in [0.29, 0.717) is 6.54 Å². The number of hydrogen-bond donors (Lipinski definition) is 1. The summed E-state index contributed by atoms with van der Waals surface area (Å²) in [5, 5.41) is 12.7. The second-order valence-corrected chi connectivity index (χ2v) is 4.21. The van der Waals surface area contributed by atoms with Crippen LogP contribution in [0.2, 0.25) is 0 Å². The maximum atomic E-state index is 12.2. The summed E-state index contributed by atoms with van der Waals surface area (Å²) in [4.78, 5) is 24.6. The van der Waals surface area contributed by atoms with Crippen LogP contribution in [0.25, 0.3) is 0 Å². The van der Waals surface area contributed by atoms with Crippen molar-refractivity contribution in [1.82, 2.24) is 9.78 Å². The molecule has 1 aromatic carbocycles. The molecule has 0 unspecified atom stereocenters. The fourth-order valence-corrected chi connectivity index (χ4v) is 1.90. The van der Waals surface area contributed by atoms with Gasteiger partial charge in [0, 0.05) is 18.4 Å². The molecule has 1 aromatic heterocycles. The Balaban J connectivity index is 2.11. The van der Waals surface area contributed by atoms with Crippen LogP contribution in [-0.4, -0.2) is 33.3 Å². The molecule has 6 heteroatoms. The lowest BCUT2D eigenvalue weighted by molar-refractivity contribution is -0.119. The summed E-state index contributed by atoms with van der Waals surface area (Å²) >= 11 is 0. The van der Waals surface area contributed by atoms with E-state index in [0.717, 1.165) is 5.69 Å². The Kier molecular flexibility index (Phi) is 4.14. The van der Waals surface area contributed by atoms with Crippen molar-refractivity contribution in [3.63, 3.8) is 0 Å². The maximum Gasteiger partial charge on any atom is 0.338 e. The highest BCUT2D eigenvalue weighted by Crippen LogP contribution is 2.13. The van der Waals surface area contributed by atoms with E-state index in [4.69, 9.17) is 5.11 Å². The number of anilines is 1. The first-order valence-corrected chi connectivity index (χ1v) is 6.23. The second-order valence-electron chi connectivity index (χ2n) is 4.21. The number of nitrogens with zero attached hydrogens (tertiary/aromatic N) is 3. The van der Waals surface area contributed by atoms with Gasteiger partial charge in [-0.15, -0.1) is 0 Å². The first-order valence-electron chi connectivity index (χ1n) is 6.23. The monoisotopic (exact) mass is 273 g/mol. The van der Waals surface area contributed by atoms with E-state index < -0.39 is 5.97 Å². The van der Waals surface area contributed by atoms with Crippen molar-refractivity contribution in [2.24, 2.45) is 0 Å². The van der Waals surface area contributed by atoms with Gasteiger partial charge in [-0.25, -0.2) is 4.79 Å². The standard InChI is InChI=1S/C14H15N3O3/c1-2-17(12-6-4-3-5-7-12)13(18)10-16-9-11(8-15-16)14(19)20/h3-9H,2,10H2,1H3,(H,19,20). The molecule has 1 heterocycles. The predicted molar refractivity (Wildman–Crippen MR) is 73.7 cm³/mol. The van der Waals surface area contributed by atoms with Crippen LogP contribution in [0, 0.1) is 0 Å². The fraction of sp³-hybridized carbons (Fsp3) is 0.214. The van der Waals surface area contributed by atoms with Crippen molar-refractivity contribution in [3.05, 3.63) is 48.3 Å². The lowest BCUT2D eigenvalue weighted by Crippen LogP contribution is -2.33. The molecule has 1 N–H and O–H groups in total. The number of aromatic nitrogens is 2. The van der Waals surface area contributed by atoms with Gasteiger partial charge in [-0.3, -0.25) is 9.48 Å². The number of benzene rings is 1. The van der Waals surface area contributed by atoms with Crippen LogP contribution >= 0.6 is 0 Å². The van der Waals surface area contributed by atoms with Gasteiger partial charge in [0.05, 0.1) is 11.8 Å². The number of carboxylic acid groups (broad SMARTS) is 1. The van der Waals surface area contributed by atoms with E-state index in [1.807, 2.05) is 37.3 Å². The minimum Gasteiger partial charge on any atom is -0.478 e. The molecule has 6 nitrogen and oxygen atoms in total. The zero-order valence-corrected chi connectivity index (χ0v) is 11.1. The molecular weight excluding hydrogens is 258 g/mol. The zero-order valence-electron chi connectivity index (χ0n) is 11.1. The summed E-state index contributed by atoms with van der Waals surface area (Å²) in [6, 6.07) is 9.32. The van der Waals surface area contributed by atoms with Gasteiger partial charge in [0.1, 0.15) is 6.54 Å². The number of aromatic carboxylic acids is 1.